The van der Waals surface area contributed by atoms with Crippen LogP contribution < -0.4 is 15.2 Å². The van der Waals surface area contributed by atoms with E-state index in [1.54, 1.807) is 18.9 Å². The van der Waals surface area contributed by atoms with Gasteiger partial charge in [-0.05, 0) is 49.6 Å². The standard InChI is InChI=1S/C27H27N7O2/c1-17-29-21(12-11-20-10-9-19-6-4-5-7-22(19)31-20)16-26(30-17)34-25(32-27(28)33-34)15-18-8-13-23(35-2)24(14-18)36-3/h4-10,13-14,16H,11-12,15H2,1-3H3,(H2,28,33). The third kappa shape index (κ3) is 4.95. The minimum absolute atomic E-state index is 0.184. The summed E-state index contributed by atoms with van der Waals surface area (Å²) in [6.07, 6.45) is 1.97. The number of anilines is 1. The summed E-state index contributed by atoms with van der Waals surface area (Å²) in [6.45, 7) is 1.87. The fraction of sp³-hybridized carbons (Fsp3) is 0.222. The molecule has 9 heteroatoms. The first kappa shape index (κ1) is 23.2. The van der Waals surface area contributed by atoms with Crippen molar-refractivity contribution in [3.05, 3.63) is 89.3 Å². The topological polar surface area (TPSA) is 114 Å². The molecule has 3 heterocycles. The van der Waals surface area contributed by atoms with E-state index in [1.807, 2.05) is 49.4 Å². The summed E-state index contributed by atoms with van der Waals surface area (Å²) in [5.74, 6) is 3.45. The number of para-hydroxylation sites is 1. The van der Waals surface area contributed by atoms with E-state index in [4.69, 9.17) is 20.2 Å². The van der Waals surface area contributed by atoms with Crippen LogP contribution in [0.2, 0.25) is 0 Å². The number of nitrogens with two attached hydrogens (primary N) is 1. The molecule has 0 spiro atoms. The van der Waals surface area contributed by atoms with Crippen LogP contribution in [0.3, 0.4) is 0 Å². The normalized spacial score (nSPS) is 11.1. The lowest BCUT2D eigenvalue weighted by molar-refractivity contribution is 0.354. The molecule has 0 saturated heterocycles. The molecule has 5 aromatic rings. The number of nitrogens with zero attached hydrogens (tertiary/aromatic N) is 6. The Morgan fingerprint density at radius 1 is 0.806 bits per heavy atom. The predicted molar refractivity (Wildman–Crippen MR) is 138 cm³/mol. The monoisotopic (exact) mass is 481 g/mol. The maximum Gasteiger partial charge on any atom is 0.240 e. The zero-order valence-corrected chi connectivity index (χ0v) is 20.5. The Balaban J connectivity index is 1.40. The van der Waals surface area contributed by atoms with Crippen LogP contribution in [0.4, 0.5) is 5.95 Å². The SMILES string of the molecule is COc1ccc(Cc2nc(N)nn2-c2cc(CCc3ccc4ccccc4n3)nc(C)n2)cc1OC. The fourth-order valence-electron chi connectivity index (χ4n) is 4.19. The molecular weight excluding hydrogens is 454 g/mol. The van der Waals surface area contributed by atoms with Crippen molar-refractivity contribution in [2.45, 2.75) is 26.2 Å². The van der Waals surface area contributed by atoms with Gasteiger partial charge >= 0.3 is 0 Å². The summed E-state index contributed by atoms with van der Waals surface area (Å²) >= 11 is 0. The highest BCUT2D eigenvalue weighted by atomic mass is 16.5. The van der Waals surface area contributed by atoms with Crippen LogP contribution in [-0.4, -0.2) is 43.9 Å². The van der Waals surface area contributed by atoms with Gasteiger partial charge in [0.25, 0.3) is 0 Å². The molecule has 36 heavy (non-hydrogen) atoms. The van der Waals surface area contributed by atoms with Crippen molar-refractivity contribution in [2.75, 3.05) is 20.0 Å². The summed E-state index contributed by atoms with van der Waals surface area (Å²) in [5.41, 5.74) is 9.88. The molecule has 9 nitrogen and oxygen atoms in total. The van der Waals surface area contributed by atoms with E-state index in [-0.39, 0.29) is 5.95 Å². The van der Waals surface area contributed by atoms with Crippen molar-refractivity contribution in [1.82, 2.24) is 29.7 Å². The molecule has 0 aliphatic carbocycles. The summed E-state index contributed by atoms with van der Waals surface area (Å²) in [5, 5.41) is 5.54. The molecule has 5 rings (SSSR count). The van der Waals surface area contributed by atoms with Gasteiger partial charge in [-0.25, -0.2) is 9.97 Å². The van der Waals surface area contributed by atoms with E-state index < -0.39 is 0 Å². The van der Waals surface area contributed by atoms with Crippen molar-refractivity contribution in [1.29, 1.82) is 0 Å². The Bertz CT molecular complexity index is 1530. The van der Waals surface area contributed by atoms with Gasteiger partial charge < -0.3 is 15.2 Å². The molecule has 0 atom stereocenters. The Morgan fingerprint density at radius 2 is 1.61 bits per heavy atom. The number of pyridine rings is 1. The van der Waals surface area contributed by atoms with E-state index >= 15 is 0 Å². The van der Waals surface area contributed by atoms with Gasteiger partial charge in [0.05, 0.1) is 19.7 Å². The Hall–Kier alpha value is -4.53. The third-order valence-electron chi connectivity index (χ3n) is 5.89. The number of fused-ring (bicyclic) bond motifs is 1. The minimum Gasteiger partial charge on any atom is -0.493 e. The highest BCUT2D eigenvalue weighted by Crippen LogP contribution is 2.28. The third-order valence-corrected chi connectivity index (χ3v) is 5.89. The Kier molecular flexibility index (Phi) is 6.44. The van der Waals surface area contributed by atoms with Gasteiger partial charge in [-0.1, -0.05) is 30.3 Å². The van der Waals surface area contributed by atoms with E-state index in [9.17, 15) is 0 Å². The second-order valence-corrected chi connectivity index (χ2v) is 8.42. The highest BCUT2D eigenvalue weighted by molar-refractivity contribution is 5.78. The van der Waals surface area contributed by atoms with Gasteiger partial charge in [0, 0.05) is 29.3 Å². The maximum atomic E-state index is 5.99. The summed E-state index contributed by atoms with van der Waals surface area (Å²) in [6, 6.07) is 20.0. The van der Waals surface area contributed by atoms with Gasteiger partial charge in [-0.3, -0.25) is 4.98 Å². The molecule has 0 unspecified atom stereocenters. The van der Waals surface area contributed by atoms with Crippen LogP contribution in [-0.2, 0) is 19.3 Å². The van der Waals surface area contributed by atoms with Crippen molar-refractivity contribution in [2.24, 2.45) is 0 Å². The second-order valence-electron chi connectivity index (χ2n) is 8.42. The van der Waals surface area contributed by atoms with Crippen molar-refractivity contribution < 1.29 is 9.47 Å². The molecule has 2 aromatic carbocycles. The molecule has 0 saturated carbocycles. The molecule has 3 aromatic heterocycles. The van der Waals surface area contributed by atoms with E-state index in [0.717, 1.165) is 40.7 Å². The molecule has 182 valence electrons. The summed E-state index contributed by atoms with van der Waals surface area (Å²) in [7, 11) is 3.22. The lowest BCUT2D eigenvalue weighted by Gasteiger charge is -2.11. The first-order valence-corrected chi connectivity index (χ1v) is 11.6. The van der Waals surface area contributed by atoms with Crippen LogP contribution in [0, 0.1) is 6.92 Å². The zero-order chi connectivity index (χ0) is 25.1. The lowest BCUT2D eigenvalue weighted by atomic mass is 10.1. The predicted octanol–water partition coefficient (Wildman–Crippen LogP) is 3.89. The largest absolute Gasteiger partial charge is 0.493 e. The molecule has 0 aliphatic heterocycles. The Labute approximate surface area is 209 Å². The zero-order valence-electron chi connectivity index (χ0n) is 20.5. The molecular formula is C27H27N7O2. The number of methoxy groups -OCH3 is 2. The first-order chi connectivity index (χ1) is 17.5. The van der Waals surface area contributed by atoms with E-state index in [1.165, 1.54) is 0 Å². The van der Waals surface area contributed by atoms with Crippen LogP contribution in [0.25, 0.3) is 16.7 Å². The average molecular weight is 482 g/mol. The van der Waals surface area contributed by atoms with E-state index in [0.29, 0.717) is 35.4 Å². The van der Waals surface area contributed by atoms with Crippen LogP contribution in [0.15, 0.2) is 60.7 Å². The lowest BCUT2D eigenvalue weighted by Crippen LogP contribution is -2.10. The van der Waals surface area contributed by atoms with Crippen molar-refractivity contribution in [3.63, 3.8) is 0 Å². The van der Waals surface area contributed by atoms with Crippen LogP contribution in [0.1, 0.15) is 28.6 Å². The minimum atomic E-state index is 0.184. The number of hydrogen-bond donors (Lipinski definition) is 1. The number of aryl methyl sites for hydroxylation is 3. The molecule has 0 amide bonds. The number of hydrogen-bond acceptors (Lipinski definition) is 8. The van der Waals surface area contributed by atoms with Gasteiger partial charge in [0.1, 0.15) is 11.6 Å². The smallest absolute Gasteiger partial charge is 0.240 e. The van der Waals surface area contributed by atoms with Crippen LogP contribution >= 0.6 is 0 Å². The van der Waals surface area contributed by atoms with Gasteiger partial charge in [-0.15, -0.1) is 5.10 Å². The number of aromatic nitrogens is 6. The van der Waals surface area contributed by atoms with Gasteiger partial charge in [0.2, 0.25) is 5.95 Å². The number of nitrogen functional groups attached to an aromatic ring is 1. The molecule has 0 bridgehead atoms. The summed E-state index contributed by atoms with van der Waals surface area (Å²) < 4.78 is 12.5. The summed E-state index contributed by atoms with van der Waals surface area (Å²) in [4.78, 5) is 18.5. The maximum absolute atomic E-state index is 5.99. The van der Waals surface area contributed by atoms with Gasteiger partial charge in [0.15, 0.2) is 17.3 Å². The van der Waals surface area contributed by atoms with Crippen molar-refractivity contribution >= 4 is 16.9 Å². The van der Waals surface area contributed by atoms with Crippen molar-refractivity contribution in [3.8, 4) is 17.3 Å². The highest BCUT2D eigenvalue weighted by Gasteiger charge is 2.15. The van der Waals surface area contributed by atoms with E-state index in [2.05, 4.69) is 38.2 Å². The quantitative estimate of drug-likeness (QED) is 0.355. The Morgan fingerprint density at radius 3 is 2.44 bits per heavy atom. The molecule has 0 aliphatic rings. The average Bonchev–Trinajstić information content (AvgIpc) is 3.26. The first-order valence-electron chi connectivity index (χ1n) is 11.6. The van der Waals surface area contributed by atoms with Gasteiger partial charge in [-0.2, -0.15) is 9.67 Å². The molecule has 0 radical (unpaired) electrons. The van der Waals surface area contributed by atoms with Crippen LogP contribution in [0.5, 0.6) is 11.5 Å². The molecule has 2 N–H and O–H groups in total. The second kappa shape index (κ2) is 9.99. The number of rotatable bonds is 8. The molecule has 0 fully saturated rings. The number of ether oxygens (including phenoxy) is 2. The number of benzene rings is 2. The fourth-order valence-corrected chi connectivity index (χ4v) is 4.19.